The molecule has 0 aliphatic heterocycles. The van der Waals surface area contributed by atoms with Crippen LogP contribution in [0.5, 0.6) is 0 Å². The van der Waals surface area contributed by atoms with E-state index in [1.165, 1.54) is 340 Å². The van der Waals surface area contributed by atoms with Crippen molar-refractivity contribution in [2.75, 3.05) is 47.5 Å². The van der Waals surface area contributed by atoms with Crippen LogP contribution in [0.1, 0.15) is 431 Å². The van der Waals surface area contributed by atoms with Crippen LogP contribution in [-0.4, -0.2) is 74.9 Å². The molecule has 2 atom stereocenters. The lowest BCUT2D eigenvalue weighted by atomic mass is 10.0. The first-order valence-corrected chi connectivity index (χ1v) is 43.4. The lowest BCUT2D eigenvalue weighted by Crippen LogP contribution is -2.37. The van der Waals surface area contributed by atoms with E-state index in [0.717, 1.165) is 57.8 Å². The van der Waals surface area contributed by atoms with Crippen LogP contribution in [0.4, 0.5) is 0 Å². The predicted octanol–water partition coefficient (Wildman–Crippen LogP) is 27.9. The quantitative estimate of drug-likeness (QED) is 0.0211. The Morgan fingerprint density at radius 1 is 0.337 bits per heavy atom. The normalized spacial score (nSPS) is 13.2. The van der Waals surface area contributed by atoms with E-state index in [2.05, 4.69) is 62.5 Å². The first kappa shape index (κ1) is 93.0. The highest BCUT2D eigenvalue weighted by atomic mass is 31.2. The standard InChI is InChI=1S/C85H162NO8P/c1-6-8-10-12-14-16-18-20-22-24-26-28-30-32-34-36-38-40-42-43-44-46-48-50-52-54-56-58-60-62-64-66-68-70-72-74-76-78-85(88)94-83(82-93-95(89,90)92-80-79-86(3,4)5)81-91-84(87)77-75-73-71-69-67-65-63-61-59-57-55-53-51-49-47-45-41-39-37-35-33-31-29-27-25-23-21-19-17-15-13-11-9-7-2/h8,10,14,16,20,22,26,28,83H,6-7,9,11-13,15,17-19,21,23-25,27,29-82H2,1-5H3/p+1/b10-8-,16-14-,22-20-,28-26-. The number of quaternary nitrogens is 1. The number of hydrogen-bond acceptors (Lipinski definition) is 7. The fourth-order valence-corrected chi connectivity index (χ4v) is 13.5. The number of nitrogens with zero attached hydrogens (tertiary/aromatic N) is 1. The average molecular weight is 1360 g/mol. The van der Waals surface area contributed by atoms with E-state index < -0.39 is 26.5 Å². The van der Waals surface area contributed by atoms with Crippen molar-refractivity contribution < 1.29 is 42.1 Å². The molecule has 0 rings (SSSR count). The minimum absolute atomic E-state index is 0.0354. The molecule has 0 aromatic rings. The summed E-state index contributed by atoms with van der Waals surface area (Å²) < 4.78 is 34.9. The third-order valence-electron chi connectivity index (χ3n) is 19.1. The van der Waals surface area contributed by atoms with Gasteiger partial charge in [-0.25, -0.2) is 4.57 Å². The predicted molar refractivity (Wildman–Crippen MR) is 413 cm³/mol. The summed E-state index contributed by atoms with van der Waals surface area (Å²) in [6, 6.07) is 0. The number of phosphoric ester groups is 1. The molecule has 0 fully saturated rings. The topological polar surface area (TPSA) is 108 Å². The summed E-state index contributed by atoms with van der Waals surface area (Å²) in [6.07, 6.45) is 101. The smallest absolute Gasteiger partial charge is 0.462 e. The maximum Gasteiger partial charge on any atom is 0.472 e. The van der Waals surface area contributed by atoms with E-state index in [9.17, 15) is 19.0 Å². The molecule has 0 spiro atoms. The SMILES string of the molecule is CC/C=C\C/C=C\C/C=C\C/C=C\CCCCCCCCCCCCCCCCCCCCCCCCCCC(=O)OC(COC(=O)CCCCCCCCCCCCCCCCCCCCCCCCCCCCCCCCCCCC)COP(=O)(O)OCC[N+](C)(C)C. The summed E-state index contributed by atoms with van der Waals surface area (Å²) >= 11 is 0. The molecule has 0 saturated carbocycles. The number of rotatable bonds is 79. The van der Waals surface area contributed by atoms with Crippen molar-refractivity contribution in [3.05, 3.63) is 48.6 Å². The molecule has 9 nitrogen and oxygen atoms in total. The van der Waals surface area contributed by atoms with Crippen LogP contribution < -0.4 is 0 Å². The summed E-state index contributed by atoms with van der Waals surface area (Å²) in [4.78, 5) is 36.0. The molecular weight excluding hydrogens is 1190 g/mol. The highest BCUT2D eigenvalue weighted by Gasteiger charge is 2.27. The van der Waals surface area contributed by atoms with Crippen LogP contribution in [0.15, 0.2) is 48.6 Å². The van der Waals surface area contributed by atoms with Crippen molar-refractivity contribution in [2.24, 2.45) is 0 Å². The third kappa shape index (κ3) is 80.8. The van der Waals surface area contributed by atoms with Gasteiger partial charge in [-0.3, -0.25) is 18.6 Å². The number of hydrogen-bond donors (Lipinski definition) is 1. The molecule has 0 heterocycles. The van der Waals surface area contributed by atoms with Crippen LogP contribution in [0, 0.1) is 0 Å². The fourth-order valence-electron chi connectivity index (χ4n) is 12.8. The molecule has 95 heavy (non-hydrogen) atoms. The maximum atomic E-state index is 12.9. The van der Waals surface area contributed by atoms with Crippen LogP contribution in [0.25, 0.3) is 0 Å². The molecule has 10 heteroatoms. The van der Waals surface area contributed by atoms with Gasteiger partial charge in [0.2, 0.25) is 0 Å². The van der Waals surface area contributed by atoms with E-state index in [1.54, 1.807) is 0 Å². The molecule has 0 saturated heterocycles. The number of ether oxygens (including phenoxy) is 2. The van der Waals surface area contributed by atoms with Gasteiger partial charge in [-0.1, -0.05) is 416 Å². The molecule has 0 aliphatic rings. The van der Waals surface area contributed by atoms with Crippen molar-refractivity contribution in [1.82, 2.24) is 0 Å². The van der Waals surface area contributed by atoms with E-state index >= 15 is 0 Å². The first-order chi connectivity index (χ1) is 46.5. The van der Waals surface area contributed by atoms with Gasteiger partial charge in [-0.2, -0.15) is 0 Å². The minimum Gasteiger partial charge on any atom is -0.462 e. The molecule has 2 unspecified atom stereocenters. The Morgan fingerprint density at radius 3 is 0.895 bits per heavy atom. The Morgan fingerprint density at radius 2 is 0.600 bits per heavy atom. The number of likely N-dealkylation sites (N-methyl/N-ethyl adjacent to an activating group) is 1. The zero-order valence-corrected chi connectivity index (χ0v) is 65.1. The Bertz CT molecular complexity index is 1740. The number of carbonyl (C=O) groups excluding carboxylic acids is 2. The second kappa shape index (κ2) is 76.2. The van der Waals surface area contributed by atoms with E-state index in [-0.39, 0.29) is 25.6 Å². The van der Waals surface area contributed by atoms with E-state index in [0.29, 0.717) is 23.9 Å². The Labute approximate surface area is 592 Å². The molecular formula is C85H163NO8P+. The van der Waals surface area contributed by atoms with Gasteiger partial charge >= 0.3 is 19.8 Å². The summed E-state index contributed by atoms with van der Waals surface area (Å²) in [5.74, 6) is -0.769. The van der Waals surface area contributed by atoms with Crippen molar-refractivity contribution in [3.63, 3.8) is 0 Å². The Hall–Kier alpha value is -2.03. The van der Waals surface area contributed by atoms with Crippen molar-refractivity contribution in [2.45, 2.75) is 437 Å². The Kier molecular flexibility index (Phi) is 74.5. The highest BCUT2D eigenvalue weighted by Crippen LogP contribution is 2.43. The van der Waals surface area contributed by atoms with Crippen LogP contribution in [0.3, 0.4) is 0 Å². The lowest BCUT2D eigenvalue weighted by Gasteiger charge is -2.24. The van der Waals surface area contributed by atoms with Gasteiger partial charge < -0.3 is 18.9 Å². The Balaban J connectivity index is 3.87. The summed E-state index contributed by atoms with van der Waals surface area (Å²) in [5.41, 5.74) is 0. The van der Waals surface area contributed by atoms with Gasteiger partial charge in [0.15, 0.2) is 6.10 Å². The minimum atomic E-state index is -4.39. The van der Waals surface area contributed by atoms with E-state index in [1.807, 2.05) is 21.1 Å². The highest BCUT2D eigenvalue weighted by molar-refractivity contribution is 7.47. The van der Waals surface area contributed by atoms with Crippen molar-refractivity contribution in [3.8, 4) is 0 Å². The van der Waals surface area contributed by atoms with Gasteiger partial charge in [0.1, 0.15) is 19.8 Å². The van der Waals surface area contributed by atoms with Crippen LogP contribution in [0.2, 0.25) is 0 Å². The summed E-state index contributed by atoms with van der Waals surface area (Å²) in [7, 11) is 1.50. The fraction of sp³-hybridized carbons (Fsp3) is 0.882. The maximum absolute atomic E-state index is 12.9. The van der Waals surface area contributed by atoms with Crippen molar-refractivity contribution >= 4 is 19.8 Å². The van der Waals surface area contributed by atoms with Gasteiger partial charge in [0.05, 0.1) is 27.7 Å². The molecule has 0 bridgehead atoms. The van der Waals surface area contributed by atoms with Gasteiger partial charge in [-0.15, -0.1) is 0 Å². The van der Waals surface area contributed by atoms with Crippen LogP contribution >= 0.6 is 7.82 Å². The zero-order valence-electron chi connectivity index (χ0n) is 64.2. The summed E-state index contributed by atoms with van der Waals surface area (Å²) in [5, 5.41) is 0. The number of unbranched alkanes of at least 4 members (excludes halogenated alkanes) is 57. The number of carbonyl (C=O) groups is 2. The van der Waals surface area contributed by atoms with Gasteiger partial charge in [-0.05, 0) is 51.4 Å². The van der Waals surface area contributed by atoms with Crippen LogP contribution in [-0.2, 0) is 32.7 Å². The lowest BCUT2D eigenvalue weighted by molar-refractivity contribution is -0.870. The number of esters is 2. The monoisotopic (exact) mass is 1360 g/mol. The molecule has 1 N–H and O–H groups in total. The van der Waals surface area contributed by atoms with Crippen molar-refractivity contribution in [1.29, 1.82) is 0 Å². The molecule has 0 radical (unpaired) electrons. The molecule has 0 aliphatic carbocycles. The molecule has 0 amide bonds. The largest absolute Gasteiger partial charge is 0.472 e. The molecule has 0 aromatic heterocycles. The second-order valence-electron chi connectivity index (χ2n) is 29.8. The third-order valence-corrected chi connectivity index (χ3v) is 20.1. The first-order valence-electron chi connectivity index (χ1n) is 41.9. The summed E-state index contributed by atoms with van der Waals surface area (Å²) in [6.45, 7) is 4.41. The number of allylic oxidation sites excluding steroid dienone is 8. The molecule has 0 aromatic carbocycles. The average Bonchev–Trinajstić information content (AvgIpc) is 1.80. The van der Waals surface area contributed by atoms with Gasteiger partial charge in [0.25, 0.3) is 0 Å². The number of phosphoric acid groups is 1. The van der Waals surface area contributed by atoms with E-state index in [4.69, 9.17) is 18.5 Å². The second-order valence-corrected chi connectivity index (χ2v) is 31.3. The van der Waals surface area contributed by atoms with Gasteiger partial charge in [0, 0.05) is 12.8 Å². The molecule has 560 valence electrons. The zero-order chi connectivity index (χ0) is 69.0.